The zero-order chi connectivity index (χ0) is 18.7. The lowest BCUT2D eigenvalue weighted by Gasteiger charge is -2.32. The molecule has 0 unspecified atom stereocenters. The van der Waals surface area contributed by atoms with Crippen LogP contribution in [-0.4, -0.2) is 23.1 Å². The Morgan fingerprint density at radius 2 is 1.88 bits per heavy atom. The second-order valence-corrected chi connectivity index (χ2v) is 6.60. The first-order valence-corrected chi connectivity index (χ1v) is 8.68. The van der Waals surface area contributed by atoms with Crippen LogP contribution in [0.2, 0.25) is 0 Å². The van der Waals surface area contributed by atoms with E-state index in [0.717, 1.165) is 16.7 Å². The molecule has 1 N–H and O–H groups in total. The molecule has 0 saturated carbocycles. The lowest BCUT2D eigenvalue weighted by Crippen LogP contribution is -2.58. The number of hydrogen-bond acceptors (Lipinski definition) is 4. The summed E-state index contributed by atoms with van der Waals surface area (Å²) in [6.07, 6.45) is 1.41. The number of thiocarbonyl (C=S) groups is 1. The van der Waals surface area contributed by atoms with Crippen LogP contribution in [0.25, 0.3) is 0 Å². The van der Waals surface area contributed by atoms with E-state index in [9.17, 15) is 9.59 Å². The molecule has 1 aliphatic heterocycles. The summed E-state index contributed by atoms with van der Waals surface area (Å²) in [6, 6.07) is 15.4. The van der Waals surface area contributed by atoms with E-state index < -0.39 is 11.8 Å². The van der Waals surface area contributed by atoms with E-state index >= 15 is 0 Å². The zero-order valence-electron chi connectivity index (χ0n) is 14.6. The van der Waals surface area contributed by atoms with Crippen LogP contribution >= 0.6 is 12.2 Å². The zero-order valence-corrected chi connectivity index (χ0v) is 15.4. The highest BCUT2D eigenvalue weighted by Gasteiger charge is 2.38. The number of anilines is 1. The molecule has 1 saturated heterocycles. The highest BCUT2D eigenvalue weighted by molar-refractivity contribution is 7.80. The fourth-order valence-corrected chi connectivity index (χ4v) is 3.05. The van der Waals surface area contributed by atoms with Gasteiger partial charge in [-0.25, -0.2) is 0 Å². The van der Waals surface area contributed by atoms with Gasteiger partial charge in [0, 0.05) is 6.21 Å². The van der Waals surface area contributed by atoms with E-state index in [4.69, 9.17) is 12.2 Å². The average Bonchev–Trinajstić information content (AvgIpc) is 2.61. The number of amides is 2. The fourth-order valence-electron chi connectivity index (χ4n) is 2.76. The molecule has 0 aliphatic carbocycles. The monoisotopic (exact) mass is 365 g/mol. The predicted octanol–water partition coefficient (Wildman–Crippen LogP) is 2.94. The van der Waals surface area contributed by atoms with Crippen molar-refractivity contribution in [3.63, 3.8) is 0 Å². The van der Waals surface area contributed by atoms with Crippen LogP contribution in [0.5, 0.6) is 0 Å². The van der Waals surface area contributed by atoms with Crippen molar-refractivity contribution in [2.45, 2.75) is 20.4 Å². The molecule has 1 fully saturated rings. The van der Waals surface area contributed by atoms with Crippen LogP contribution in [0, 0.1) is 19.8 Å². The van der Waals surface area contributed by atoms with Gasteiger partial charge in [0.1, 0.15) is 0 Å². The molecule has 1 aliphatic rings. The summed E-state index contributed by atoms with van der Waals surface area (Å²) in [5.41, 5.74) is 3.60. The summed E-state index contributed by atoms with van der Waals surface area (Å²) in [5, 5.41) is 2.71. The Kier molecular flexibility index (Phi) is 5.23. The van der Waals surface area contributed by atoms with Crippen molar-refractivity contribution in [2.24, 2.45) is 10.9 Å². The second kappa shape index (κ2) is 7.58. The molecular formula is C20H19N3O2S. The van der Waals surface area contributed by atoms with Crippen molar-refractivity contribution >= 4 is 41.0 Å². The highest BCUT2D eigenvalue weighted by Crippen LogP contribution is 2.25. The number of carbonyl (C=O) groups is 2. The van der Waals surface area contributed by atoms with Gasteiger partial charge in [0.25, 0.3) is 5.91 Å². The van der Waals surface area contributed by atoms with Gasteiger partial charge < -0.3 is 5.32 Å². The SMILES string of the molecule is Cc1ccc(C)c(N2C(=O)[C@H](C=NCc3ccccc3)C(=O)NC2=S)c1. The van der Waals surface area contributed by atoms with Crippen LogP contribution in [0.15, 0.2) is 53.5 Å². The van der Waals surface area contributed by atoms with E-state index in [1.54, 1.807) is 0 Å². The maximum absolute atomic E-state index is 12.9. The van der Waals surface area contributed by atoms with Gasteiger partial charge in [-0.3, -0.25) is 19.5 Å². The maximum atomic E-state index is 12.9. The van der Waals surface area contributed by atoms with Crippen LogP contribution < -0.4 is 10.2 Å². The largest absolute Gasteiger partial charge is 0.301 e. The third-order valence-corrected chi connectivity index (χ3v) is 4.46. The van der Waals surface area contributed by atoms with Crippen LogP contribution in [-0.2, 0) is 16.1 Å². The van der Waals surface area contributed by atoms with Gasteiger partial charge in [0.15, 0.2) is 11.0 Å². The lowest BCUT2D eigenvalue weighted by atomic mass is 10.0. The Labute approximate surface area is 157 Å². The average molecular weight is 365 g/mol. The number of benzene rings is 2. The third kappa shape index (κ3) is 3.70. The van der Waals surface area contributed by atoms with Gasteiger partial charge in [-0.05, 0) is 48.8 Å². The summed E-state index contributed by atoms with van der Waals surface area (Å²) in [5.74, 6) is -1.83. The first-order chi connectivity index (χ1) is 12.5. The minimum absolute atomic E-state index is 0.0985. The number of rotatable bonds is 4. The Hall–Kier alpha value is -2.86. The third-order valence-electron chi connectivity index (χ3n) is 4.18. The van der Waals surface area contributed by atoms with E-state index in [1.807, 2.05) is 62.4 Å². The minimum atomic E-state index is -0.995. The summed E-state index contributed by atoms with van der Waals surface area (Å²) in [7, 11) is 0. The van der Waals surface area contributed by atoms with Gasteiger partial charge in [-0.15, -0.1) is 0 Å². The molecule has 3 rings (SSSR count). The summed E-state index contributed by atoms with van der Waals surface area (Å²) in [6.45, 7) is 4.25. The molecule has 2 aromatic carbocycles. The number of carbonyl (C=O) groups excluding carboxylic acids is 2. The normalized spacial score (nSPS) is 17.7. The second-order valence-electron chi connectivity index (χ2n) is 6.21. The number of nitrogens with zero attached hydrogens (tertiary/aromatic N) is 2. The van der Waals surface area contributed by atoms with E-state index in [0.29, 0.717) is 12.2 Å². The molecule has 1 atom stereocenters. The van der Waals surface area contributed by atoms with Crippen LogP contribution in [0.3, 0.4) is 0 Å². The van der Waals surface area contributed by atoms with Gasteiger partial charge in [0.2, 0.25) is 5.91 Å². The van der Waals surface area contributed by atoms with Gasteiger partial charge in [0.05, 0.1) is 12.2 Å². The molecule has 0 bridgehead atoms. The summed E-state index contributed by atoms with van der Waals surface area (Å²) >= 11 is 5.24. The minimum Gasteiger partial charge on any atom is -0.301 e. The van der Waals surface area contributed by atoms with Crippen molar-refractivity contribution in [2.75, 3.05) is 4.90 Å². The topological polar surface area (TPSA) is 61.8 Å². The maximum Gasteiger partial charge on any atom is 0.251 e. The molecule has 0 radical (unpaired) electrons. The molecule has 6 heteroatoms. The molecule has 1 heterocycles. The standard InChI is InChI=1S/C20H19N3O2S/c1-13-8-9-14(2)17(10-13)23-19(25)16(18(24)22-20(23)26)12-21-11-15-6-4-3-5-7-15/h3-10,12,16H,11H2,1-2H3,(H,22,24,26)/t16-/m1/s1. The quantitative estimate of drug-likeness (QED) is 0.515. The van der Waals surface area contributed by atoms with Crippen molar-refractivity contribution < 1.29 is 9.59 Å². The fraction of sp³-hybridized carbons (Fsp3) is 0.200. The Bertz CT molecular complexity index is 893. The van der Waals surface area contributed by atoms with E-state index in [1.165, 1.54) is 11.1 Å². The van der Waals surface area contributed by atoms with E-state index in [2.05, 4.69) is 10.3 Å². The number of nitrogens with one attached hydrogen (secondary N) is 1. The molecule has 132 valence electrons. The Morgan fingerprint density at radius 3 is 2.62 bits per heavy atom. The number of aliphatic imine (C=N–C) groups is 1. The smallest absolute Gasteiger partial charge is 0.251 e. The van der Waals surface area contributed by atoms with Crippen LogP contribution in [0.1, 0.15) is 16.7 Å². The summed E-state index contributed by atoms with van der Waals surface area (Å²) in [4.78, 5) is 30.9. The Balaban J connectivity index is 1.85. The van der Waals surface area contributed by atoms with Crippen molar-refractivity contribution in [3.8, 4) is 0 Å². The van der Waals surface area contributed by atoms with E-state index in [-0.39, 0.29) is 11.0 Å². The first-order valence-electron chi connectivity index (χ1n) is 8.27. The number of hydrogen-bond donors (Lipinski definition) is 1. The molecule has 26 heavy (non-hydrogen) atoms. The predicted molar refractivity (Wildman–Crippen MR) is 106 cm³/mol. The summed E-state index contributed by atoms with van der Waals surface area (Å²) < 4.78 is 0. The molecule has 2 aromatic rings. The first kappa shape index (κ1) is 17.9. The van der Waals surface area contributed by atoms with Crippen LogP contribution in [0.4, 0.5) is 5.69 Å². The van der Waals surface area contributed by atoms with Crippen molar-refractivity contribution in [3.05, 3.63) is 65.2 Å². The molecule has 2 amide bonds. The van der Waals surface area contributed by atoms with Gasteiger partial charge in [-0.2, -0.15) is 0 Å². The molecule has 5 nitrogen and oxygen atoms in total. The molecule has 0 spiro atoms. The molecule has 0 aromatic heterocycles. The van der Waals surface area contributed by atoms with Gasteiger partial charge >= 0.3 is 0 Å². The van der Waals surface area contributed by atoms with Crippen molar-refractivity contribution in [1.29, 1.82) is 0 Å². The van der Waals surface area contributed by atoms with Crippen molar-refractivity contribution in [1.82, 2.24) is 5.32 Å². The Morgan fingerprint density at radius 1 is 1.15 bits per heavy atom. The number of aryl methyl sites for hydroxylation is 2. The van der Waals surface area contributed by atoms with Gasteiger partial charge in [-0.1, -0.05) is 42.5 Å². The lowest BCUT2D eigenvalue weighted by molar-refractivity contribution is -0.130. The highest BCUT2D eigenvalue weighted by atomic mass is 32.1. The molecular weight excluding hydrogens is 346 g/mol.